The molecule has 2 aromatic heterocycles. The summed E-state index contributed by atoms with van der Waals surface area (Å²) >= 11 is 0.465. The molecule has 174 valence electrons. The van der Waals surface area contributed by atoms with E-state index >= 15 is 0 Å². The number of rotatable bonds is 7. The maximum Gasteiger partial charge on any atom is 0.276 e. The Labute approximate surface area is 201 Å². The SMILES string of the molecule is CN(C)Cc1ccccc1-c1csc(NC(=O)c2ccc(N3CCN([S+](C)[O-])CC3)cn2)n1. The molecule has 0 spiro atoms. The lowest BCUT2D eigenvalue weighted by molar-refractivity contribution is 0.102. The van der Waals surface area contributed by atoms with Gasteiger partial charge >= 0.3 is 0 Å². The first-order valence-electron chi connectivity index (χ1n) is 10.7. The number of aromatic nitrogens is 2. The van der Waals surface area contributed by atoms with E-state index in [4.69, 9.17) is 0 Å². The standard InChI is InChI=1S/C23H28N6O2S2/c1-27(2)15-17-6-4-5-7-19(17)21-16-32-23(25-21)26-22(30)20-9-8-18(14-24-20)28-10-12-29(13-11-28)33(3)31/h4-9,14,16H,10-13,15H2,1-3H3,(H,25,26,30). The fraction of sp³-hybridized carbons (Fsp3) is 0.348. The van der Waals surface area contributed by atoms with Crippen LogP contribution >= 0.6 is 11.3 Å². The molecule has 10 heteroatoms. The summed E-state index contributed by atoms with van der Waals surface area (Å²) in [6.07, 6.45) is 3.43. The van der Waals surface area contributed by atoms with Gasteiger partial charge in [-0.25, -0.2) is 9.97 Å². The van der Waals surface area contributed by atoms with E-state index in [1.165, 1.54) is 16.9 Å². The molecule has 0 aliphatic carbocycles. The molecule has 1 N–H and O–H groups in total. The van der Waals surface area contributed by atoms with Crippen molar-refractivity contribution in [2.24, 2.45) is 0 Å². The third-order valence-corrected chi connectivity index (χ3v) is 7.30. The number of pyridine rings is 1. The van der Waals surface area contributed by atoms with Crippen molar-refractivity contribution in [1.82, 2.24) is 19.2 Å². The number of thiazole rings is 1. The highest BCUT2D eigenvalue weighted by Gasteiger charge is 2.23. The van der Waals surface area contributed by atoms with Crippen LogP contribution in [0.1, 0.15) is 16.1 Å². The van der Waals surface area contributed by atoms with Gasteiger partial charge in [-0.15, -0.1) is 15.6 Å². The van der Waals surface area contributed by atoms with Crippen LogP contribution in [0.25, 0.3) is 11.3 Å². The van der Waals surface area contributed by atoms with Gasteiger partial charge in [-0.2, -0.15) is 0 Å². The fourth-order valence-electron chi connectivity index (χ4n) is 3.78. The molecular formula is C23H28N6O2S2. The number of piperazine rings is 1. The van der Waals surface area contributed by atoms with Crippen molar-refractivity contribution >= 4 is 39.4 Å². The molecule has 3 heterocycles. The maximum absolute atomic E-state index is 12.7. The first kappa shape index (κ1) is 23.7. The van der Waals surface area contributed by atoms with Gasteiger partial charge in [-0.3, -0.25) is 10.1 Å². The van der Waals surface area contributed by atoms with Gasteiger partial charge in [0.05, 0.1) is 30.7 Å². The monoisotopic (exact) mass is 484 g/mol. The van der Waals surface area contributed by atoms with Crippen LogP contribution in [0.2, 0.25) is 0 Å². The number of nitrogens with zero attached hydrogens (tertiary/aromatic N) is 5. The van der Waals surface area contributed by atoms with Gasteiger partial charge in [0.25, 0.3) is 5.91 Å². The number of hydrogen-bond acceptors (Lipinski definition) is 8. The molecule has 0 bridgehead atoms. The lowest BCUT2D eigenvalue weighted by Gasteiger charge is -2.34. The highest BCUT2D eigenvalue weighted by Crippen LogP contribution is 2.28. The Bertz CT molecular complexity index is 1080. The average Bonchev–Trinajstić information content (AvgIpc) is 3.27. The molecule has 1 aromatic carbocycles. The molecule has 33 heavy (non-hydrogen) atoms. The second kappa shape index (κ2) is 10.6. The zero-order valence-electron chi connectivity index (χ0n) is 19.0. The van der Waals surface area contributed by atoms with Crippen LogP contribution in [-0.2, 0) is 17.9 Å². The summed E-state index contributed by atoms with van der Waals surface area (Å²) in [5.74, 6) is -0.282. The van der Waals surface area contributed by atoms with E-state index < -0.39 is 11.4 Å². The third kappa shape index (κ3) is 5.90. The van der Waals surface area contributed by atoms with Crippen LogP contribution in [-0.4, -0.2) is 76.2 Å². The summed E-state index contributed by atoms with van der Waals surface area (Å²) in [5, 5.41) is 5.37. The second-order valence-electron chi connectivity index (χ2n) is 8.13. The van der Waals surface area contributed by atoms with Crippen LogP contribution in [0.3, 0.4) is 0 Å². The van der Waals surface area contributed by atoms with Crippen molar-refractivity contribution in [2.75, 3.05) is 56.7 Å². The Morgan fingerprint density at radius 3 is 2.61 bits per heavy atom. The molecule has 1 aliphatic heterocycles. The van der Waals surface area contributed by atoms with E-state index in [-0.39, 0.29) is 5.91 Å². The summed E-state index contributed by atoms with van der Waals surface area (Å²) in [5.41, 5.74) is 4.41. The van der Waals surface area contributed by atoms with Crippen LogP contribution in [0.4, 0.5) is 10.8 Å². The molecule has 4 rings (SSSR count). The van der Waals surface area contributed by atoms with Gasteiger partial charge in [0.2, 0.25) is 0 Å². The smallest absolute Gasteiger partial charge is 0.276 e. The Hall–Kier alpha value is -2.50. The van der Waals surface area contributed by atoms with Crippen molar-refractivity contribution in [3.05, 3.63) is 59.2 Å². The summed E-state index contributed by atoms with van der Waals surface area (Å²) in [6, 6.07) is 11.8. The summed E-state index contributed by atoms with van der Waals surface area (Å²) in [7, 11) is 4.07. The predicted octanol–water partition coefficient (Wildman–Crippen LogP) is 2.93. The van der Waals surface area contributed by atoms with E-state index in [1.807, 2.05) is 42.0 Å². The first-order chi connectivity index (χ1) is 15.9. The summed E-state index contributed by atoms with van der Waals surface area (Å²) < 4.78 is 13.6. The Morgan fingerprint density at radius 1 is 1.18 bits per heavy atom. The molecule has 1 fully saturated rings. The van der Waals surface area contributed by atoms with E-state index in [9.17, 15) is 9.35 Å². The fourth-order valence-corrected chi connectivity index (χ4v) is 5.16. The van der Waals surface area contributed by atoms with Gasteiger partial charge in [0, 0.05) is 41.9 Å². The van der Waals surface area contributed by atoms with Gasteiger partial charge in [-0.1, -0.05) is 24.3 Å². The van der Waals surface area contributed by atoms with Gasteiger partial charge < -0.3 is 14.4 Å². The number of carbonyl (C=O) groups excluding carboxylic acids is 1. The van der Waals surface area contributed by atoms with Crippen LogP contribution < -0.4 is 10.2 Å². The van der Waals surface area contributed by atoms with Gasteiger partial charge in [0.15, 0.2) is 5.13 Å². The lowest BCUT2D eigenvalue weighted by Crippen LogP contribution is -2.48. The average molecular weight is 485 g/mol. The molecule has 0 radical (unpaired) electrons. The normalized spacial score (nSPS) is 15.6. The van der Waals surface area contributed by atoms with Crippen molar-refractivity contribution in [1.29, 1.82) is 0 Å². The quantitative estimate of drug-likeness (QED) is 0.516. The van der Waals surface area contributed by atoms with Crippen molar-refractivity contribution in [3.8, 4) is 11.3 Å². The van der Waals surface area contributed by atoms with Crippen LogP contribution in [0.5, 0.6) is 0 Å². The molecule has 1 saturated heterocycles. The molecule has 1 unspecified atom stereocenters. The number of benzene rings is 1. The topological polar surface area (TPSA) is 87.7 Å². The Balaban J connectivity index is 1.39. The van der Waals surface area contributed by atoms with Crippen molar-refractivity contribution in [3.63, 3.8) is 0 Å². The van der Waals surface area contributed by atoms with E-state index in [0.29, 0.717) is 10.8 Å². The lowest BCUT2D eigenvalue weighted by atomic mass is 10.1. The minimum atomic E-state index is -0.937. The highest BCUT2D eigenvalue weighted by atomic mass is 32.2. The zero-order chi connectivity index (χ0) is 23.4. The summed E-state index contributed by atoms with van der Waals surface area (Å²) in [6.45, 7) is 3.87. The molecule has 1 atom stereocenters. The summed E-state index contributed by atoms with van der Waals surface area (Å²) in [4.78, 5) is 26.0. The Kier molecular flexibility index (Phi) is 7.61. The van der Waals surface area contributed by atoms with E-state index in [2.05, 4.69) is 37.2 Å². The highest BCUT2D eigenvalue weighted by molar-refractivity contribution is 7.88. The number of anilines is 2. The van der Waals surface area contributed by atoms with Crippen LogP contribution in [0, 0.1) is 0 Å². The van der Waals surface area contributed by atoms with Crippen LogP contribution in [0.15, 0.2) is 48.0 Å². The molecule has 8 nitrogen and oxygen atoms in total. The maximum atomic E-state index is 12.7. The van der Waals surface area contributed by atoms with E-state index in [1.54, 1.807) is 18.5 Å². The number of carbonyl (C=O) groups is 1. The molecule has 0 saturated carbocycles. The molecule has 1 amide bonds. The van der Waals surface area contributed by atoms with Gasteiger partial charge in [0.1, 0.15) is 11.9 Å². The van der Waals surface area contributed by atoms with E-state index in [0.717, 1.165) is 49.7 Å². The zero-order valence-corrected chi connectivity index (χ0v) is 20.7. The van der Waals surface area contributed by atoms with Crippen molar-refractivity contribution < 1.29 is 9.35 Å². The van der Waals surface area contributed by atoms with Crippen molar-refractivity contribution in [2.45, 2.75) is 6.54 Å². The molecular weight excluding hydrogens is 456 g/mol. The second-order valence-corrected chi connectivity index (χ2v) is 10.4. The predicted molar refractivity (Wildman–Crippen MR) is 135 cm³/mol. The largest absolute Gasteiger partial charge is 0.598 e. The van der Waals surface area contributed by atoms with Gasteiger partial charge in [-0.05, 0) is 31.8 Å². The number of amides is 1. The number of hydrogen-bond donors (Lipinski definition) is 1. The molecule has 1 aliphatic rings. The third-order valence-electron chi connectivity index (χ3n) is 5.45. The number of nitrogens with one attached hydrogen (secondary N) is 1. The minimum Gasteiger partial charge on any atom is -0.598 e. The first-order valence-corrected chi connectivity index (χ1v) is 13.1. The molecule has 3 aromatic rings. The minimum absolute atomic E-state index is 0.282. The Morgan fingerprint density at radius 2 is 1.94 bits per heavy atom.